The number of allylic oxidation sites excluding steroid dienone is 3. The Hall–Kier alpha value is -1.65. The van der Waals surface area contributed by atoms with E-state index in [-0.39, 0.29) is 0 Å². The van der Waals surface area contributed by atoms with Crippen LogP contribution < -0.4 is 0 Å². The van der Waals surface area contributed by atoms with Gasteiger partial charge < -0.3 is 0 Å². The summed E-state index contributed by atoms with van der Waals surface area (Å²) < 4.78 is 0. The summed E-state index contributed by atoms with van der Waals surface area (Å²) in [6, 6.07) is 22.2. The lowest BCUT2D eigenvalue weighted by Gasteiger charge is -2.26. The Balaban J connectivity index is 1.72. The van der Waals surface area contributed by atoms with Crippen LogP contribution in [0.3, 0.4) is 0 Å². The standard InChI is InChI=1S/C22H24P/c1-3-9-19(10-4-1)17-23(18-20-11-5-2-6-12-20)16-15-21-13-7-8-14-22(21)23/h1-6,9-12,15-16H,7-8,13-14,17-18H2/q+1. The molecule has 23 heavy (non-hydrogen) atoms. The van der Waals surface area contributed by atoms with Crippen LogP contribution in [0.4, 0.5) is 0 Å². The highest BCUT2D eigenvalue weighted by atomic mass is 31.2. The van der Waals surface area contributed by atoms with Crippen molar-refractivity contribution in [2.24, 2.45) is 0 Å². The van der Waals surface area contributed by atoms with E-state index in [0.717, 1.165) is 0 Å². The summed E-state index contributed by atoms with van der Waals surface area (Å²) >= 11 is 0. The average Bonchev–Trinajstić information content (AvgIpc) is 2.96. The van der Waals surface area contributed by atoms with Gasteiger partial charge >= 0.3 is 0 Å². The fraction of sp³-hybridized carbons (Fsp3) is 0.273. The molecule has 2 aliphatic rings. The van der Waals surface area contributed by atoms with Gasteiger partial charge in [-0.05, 0) is 42.0 Å². The second-order valence-electron chi connectivity index (χ2n) is 6.82. The third-order valence-corrected chi connectivity index (χ3v) is 9.36. The monoisotopic (exact) mass is 319 g/mol. The van der Waals surface area contributed by atoms with Crippen LogP contribution in [0.2, 0.25) is 0 Å². The molecule has 0 spiro atoms. The van der Waals surface area contributed by atoms with Gasteiger partial charge in [-0.2, -0.15) is 0 Å². The lowest BCUT2D eigenvalue weighted by Crippen LogP contribution is -2.04. The van der Waals surface area contributed by atoms with Gasteiger partial charge in [-0.1, -0.05) is 60.7 Å². The number of rotatable bonds is 4. The van der Waals surface area contributed by atoms with Gasteiger partial charge in [-0.25, -0.2) is 0 Å². The molecule has 0 bridgehead atoms. The molecule has 116 valence electrons. The van der Waals surface area contributed by atoms with Crippen LogP contribution in [-0.2, 0) is 12.3 Å². The maximum atomic E-state index is 2.63. The van der Waals surface area contributed by atoms with Crippen molar-refractivity contribution in [3.63, 3.8) is 0 Å². The van der Waals surface area contributed by atoms with Crippen LogP contribution in [0.1, 0.15) is 36.8 Å². The van der Waals surface area contributed by atoms with E-state index in [0.29, 0.717) is 0 Å². The molecule has 0 fully saturated rings. The van der Waals surface area contributed by atoms with Gasteiger partial charge in [0.25, 0.3) is 0 Å². The second kappa shape index (κ2) is 6.46. The van der Waals surface area contributed by atoms with Crippen molar-refractivity contribution in [3.05, 3.63) is 94.6 Å². The summed E-state index contributed by atoms with van der Waals surface area (Å²) in [7, 11) is -1.22. The molecule has 0 amide bonds. The zero-order chi connectivity index (χ0) is 15.5. The van der Waals surface area contributed by atoms with E-state index in [1.165, 1.54) is 49.1 Å². The molecule has 1 heteroatoms. The Morgan fingerprint density at radius 3 is 1.87 bits per heavy atom. The van der Waals surface area contributed by atoms with Gasteiger partial charge in [-0.15, -0.1) is 0 Å². The Labute approximate surface area is 140 Å². The maximum absolute atomic E-state index is 2.63. The SMILES string of the molecule is C1=C[P+](Cc2ccccc2)(Cc2ccccc2)C2=C1CCCC2. The normalized spacial score (nSPS) is 19.0. The highest BCUT2D eigenvalue weighted by molar-refractivity contribution is 7.81. The zero-order valence-corrected chi connectivity index (χ0v) is 14.5. The summed E-state index contributed by atoms with van der Waals surface area (Å²) in [5.74, 6) is 2.63. The van der Waals surface area contributed by atoms with Crippen LogP contribution in [-0.4, -0.2) is 0 Å². The molecule has 0 saturated carbocycles. The number of hydrogen-bond donors (Lipinski definition) is 0. The van der Waals surface area contributed by atoms with Crippen molar-refractivity contribution in [2.75, 3.05) is 0 Å². The molecule has 2 aromatic carbocycles. The van der Waals surface area contributed by atoms with E-state index in [2.05, 4.69) is 72.6 Å². The molecule has 1 aliphatic heterocycles. The summed E-state index contributed by atoms with van der Waals surface area (Å²) in [6.45, 7) is 0. The molecule has 0 atom stereocenters. The van der Waals surface area contributed by atoms with Crippen LogP contribution in [0, 0.1) is 0 Å². The number of benzene rings is 2. The third-order valence-electron chi connectivity index (χ3n) is 5.19. The highest BCUT2D eigenvalue weighted by Gasteiger charge is 2.45. The van der Waals surface area contributed by atoms with Crippen molar-refractivity contribution in [3.8, 4) is 0 Å². The summed E-state index contributed by atoms with van der Waals surface area (Å²) in [5, 5.41) is 1.83. The molecule has 0 nitrogen and oxygen atoms in total. The van der Waals surface area contributed by atoms with Gasteiger partial charge in [0.15, 0.2) is 0 Å². The van der Waals surface area contributed by atoms with E-state index >= 15 is 0 Å². The molecular weight excluding hydrogens is 295 g/mol. The molecule has 0 saturated heterocycles. The van der Waals surface area contributed by atoms with Crippen molar-refractivity contribution in [1.29, 1.82) is 0 Å². The van der Waals surface area contributed by atoms with Crippen molar-refractivity contribution in [1.82, 2.24) is 0 Å². The van der Waals surface area contributed by atoms with E-state index in [1.807, 2.05) is 5.31 Å². The first kappa shape index (κ1) is 14.9. The first-order chi connectivity index (χ1) is 11.4. The van der Waals surface area contributed by atoms with Crippen LogP contribution >= 0.6 is 7.26 Å². The Morgan fingerprint density at radius 1 is 0.696 bits per heavy atom. The van der Waals surface area contributed by atoms with Gasteiger partial charge in [0.05, 0.1) is 30.7 Å². The lowest BCUT2D eigenvalue weighted by atomic mass is 10.00. The largest absolute Gasteiger partial charge is 0.0931 e. The maximum Gasteiger partial charge on any atom is 0.0931 e. The van der Waals surface area contributed by atoms with Crippen molar-refractivity contribution >= 4 is 7.26 Å². The van der Waals surface area contributed by atoms with Gasteiger partial charge in [0, 0.05) is 6.42 Å². The van der Waals surface area contributed by atoms with E-state index in [9.17, 15) is 0 Å². The van der Waals surface area contributed by atoms with Gasteiger partial charge in [-0.3, -0.25) is 0 Å². The minimum atomic E-state index is -1.22. The van der Waals surface area contributed by atoms with Gasteiger partial charge in [0.1, 0.15) is 0 Å². The lowest BCUT2D eigenvalue weighted by molar-refractivity contribution is 0.704. The predicted molar refractivity (Wildman–Crippen MR) is 102 cm³/mol. The van der Waals surface area contributed by atoms with Crippen molar-refractivity contribution in [2.45, 2.75) is 38.0 Å². The summed E-state index contributed by atoms with van der Waals surface area (Å²) in [5.41, 5.74) is 4.68. The zero-order valence-electron chi connectivity index (χ0n) is 13.6. The fourth-order valence-corrected chi connectivity index (χ4v) is 8.53. The second-order valence-corrected chi connectivity index (χ2v) is 10.4. The summed E-state index contributed by atoms with van der Waals surface area (Å²) in [4.78, 5) is 0. The van der Waals surface area contributed by atoms with Crippen LogP contribution in [0.15, 0.2) is 83.4 Å². The molecule has 0 aromatic heterocycles. The molecule has 1 aliphatic carbocycles. The molecule has 0 unspecified atom stereocenters. The fourth-order valence-electron chi connectivity index (χ4n) is 4.09. The highest BCUT2D eigenvalue weighted by Crippen LogP contribution is 2.76. The average molecular weight is 319 g/mol. The molecule has 0 radical (unpaired) electrons. The molecule has 1 heterocycles. The summed E-state index contributed by atoms with van der Waals surface area (Å²) in [6.07, 6.45) is 10.3. The third kappa shape index (κ3) is 3.06. The van der Waals surface area contributed by atoms with E-state index < -0.39 is 7.26 Å². The van der Waals surface area contributed by atoms with Crippen molar-refractivity contribution < 1.29 is 0 Å². The molecule has 0 N–H and O–H groups in total. The smallest absolute Gasteiger partial charge is 0.0622 e. The topological polar surface area (TPSA) is 0 Å². The van der Waals surface area contributed by atoms with E-state index in [4.69, 9.17) is 0 Å². The first-order valence-corrected chi connectivity index (χ1v) is 11.0. The van der Waals surface area contributed by atoms with Crippen LogP contribution in [0.5, 0.6) is 0 Å². The van der Waals surface area contributed by atoms with Gasteiger partial charge in [0.2, 0.25) is 0 Å². The molecular formula is C22H24P+. The minimum Gasteiger partial charge on any atom is -0.0622 e. The number of hydrogen-bond acceptors (Lipinski definition) is 0. The molecule has 2 aromatic rings. The predicted octanol–water partition coefficient (Wildman–Crippen LogP) is 6.76. The van der Waals surface area contributed by atoms with Crippen LogP contribution in [0.25, 0.3) is 0 Å². The minimum absolute atomic E-state index is 1.22. The quantitative estimate of drug-likeness (QED) is 0.546. The Morgan fingerprint density at radius 2 is 1.26 bits per heavy atom. The molecule has 4 rings (SSSR count). The Kier molecular flexibility index (Phi) is 4.19. The Bertz CT molecular complexity index is 684. The first-order valence-electron chi connectivity index (χ1n) is 8.72. The van der Waals surface area contributed by atoms with E-state index in [1.54, 1.807) is 5.57 Å².